The minimum atomic E-state index is -0.299. The highest BCUT2D eigenvalue weighted by atomic mass is 79.9. The summed E-state index contributed by atoms with van der Waals surface area (Å²) in [5.41, 5.74) is 6.41. The molecule has 0 aliphatic heterocycles. The Bertz CT molecular complexity index is 452. The normalized spacial score (nSPS) is 10.9. The van der Waals surface area contributed by atoms with Gasteiger partial charge in [0.25, 0.3) is 0 Å². The van der Waals surface area contributed by atoms with E-state index in [9.17, 15) is 4.39 Å². The van der Waals surface area contributed by atoms with Crippen molar-refractivity contribution in [2.45, 2.75) is 5.33 Å². The first kappa shape index (κ1) is 8.97. The van der Waals surface area contributed by atoms with Gasteiger partial charge in [-0.3, -0.25) is 0 Å². The van der Waals surface area contributed by atoms with Crippen LogP contribution in [0.5, 0.6) is 0 Å². The SMILES string of the molecule is Nc1cc2ccsc2c(CBr)c1F. The molecule has 0 aliphatic carbocycles. The Labute approximate surface area is 87.5 Å². The van der Waals surface area contributed by atoms with Crippen molar-refractivity contribution in [1.82, 2.24) is 0 Å². The summed E-state index contributed by atoms with van der Waals surface area (Å²) >= 11 is 4.80. The molecule has 0 bridgehead atoms. The third-order valence-corrected chi connectivity index (χ3v) is 3.48. The van der Waals surface area contributed by atoms with Gasteiger partial charge >= 0.3 is 0 Å². The molecule has 4 heteroatoms. The lowest BCUT2D eigenvalue weighted by molar-refractivity contribution is 0.625. The zero-order valence-corrected chi connectivity index (χ0v) is 9.08. The van der Waals surface area contributed by atoms with Crippen LogP contribution < -0.4 is 5.73 Å². The lowest BCUT2D eigenvalue weighted by Gasteiger charge is -2.03. The Hall–Kier alpha value is -0.610. The molecule has 0 aliphatic rings. The molecule has 1 nitrogen and oxygen atoms in total. The molecule has 1 aromatic carbocycles. The fraction of sp³-hybridized carbons (Fsp3) is 0.111. The number of hydrogen-bond acceptors (Lipinski definition) is 2. The molecular formula is C9H7BrFNS. The third-order valence-electron chi connectivity index (χ3n) is 1.93. The number of nitrogen functional groups attached to an aromatic ring is 1. The summed E-state index contributed by atoms with van der Waals surface area (Å²) in [6, 6.07) is 3.62. The Balaban J connectivity index is 2.87. The summed E-state index contributed by atoms with van der Waals surface area (Å²) in [7, 11) is 0. The van der Waals surface area contributed by atoms with E-state index >= 15 is 0 Å². The van der Waals surface area contributed by atoms with Crippen LogP contribution in [-0.4, -0.2) is 0 Å². The highest BCUT2D eigenvalue weighted by molar-refractivity contribution is 9.08. The number of alkyl halides is 1. The molecule has 0 radical (unpaired) electrons. The largest absolute Gasteiger partial charge is 0.396 e. The molecule has 13 heavy (non-hydrogen) atoms. The topological polar surface area (TPSA) is 26.0 Å². The maximum absolute atomic E-state index is 13.5. The smallest absolute Gasteiger partial charge is 0.151 e. The summed E-state index contributed by atoms with van der Waals surface area (Å²) in [5, 5.41) is 3.45. The number of thiophene rings is 1. The average Bonchev–Trinajstić information content (AvgIpc) is 2.54. The number of hydrogen-bond donors (Lipinski definition) is 1. The Morgan fingerprint density at radius 3 is 3.00 bits per heavy atom. The van der Waals surface area contributed by atoms with Gasteiger partial charge in [-0.05, 0) is 22.9 Å². The van der Waals surface area contributed by atoms with Crippen LogP contribution in [0, 0.1) is 5.82 Å². The molecule has 2 rings (SSSR count). The van der Waals surface area contributed by atoms with Gasteiger partial charge in [-0.25, -0.2) is 4.39 Å². The van der Waals surface area contributed by atoms with Crippen molar-refractivity contribution in [2.75, 3.05) is 5.73 Å². The van der Waals surface area contributed by atoms with Crippen LogP contribution in [-0.2, 0) is 5.33 Å². The van der Waals surface area contributed by atoms with Gasteiger partial charge in [0.1, 0.15) is 0 Å². The maximum atomic E-state index is 13.5. The van der Waals surface area contributed by atoms with E-state index < -0.39 is 0 Å². The number of fused-ring (bicyclic) bond motifs is 1. The molecule has 0 fully saturated rings. The lowest BCUT2D eigenvalue weighted by Crippen LogP contribution is -1.94. The van der Waals surface area contributed by atoms with Gasteiger partial charge in [0, 0.05) is 15.6 Å². The van der Waals surface area contributed by atoms with Crippen LogP contribution in [0.15, 0.2) is 17.5 Å². The van der Waals surface area contributed by atoms with Crippen molar-refractivity contribution >= 4 is 43.0 Å². The van der Waals surface area contributed by atoms with E-state index in [1.807, 2.05) is 11.4 Å². The van der Waals surface area contributed by atoms with Gasteiger partial charge in [-0.15, -0.1) is 11.3 Å². The number of anilines is 1. The monoisotopic (exact) mass is 259 g/mol. The highest BCUT2D eigenvalue weighted by Crippen LogP contribution is 2.31. The van der Waals surface area contributed by atoms with E-state index in [1.165, 1.54) is 11.3 Å². The van der Waals surface area contributed by atoms with E-state index in [4.69, 9.17) is 5.73 Å². The van der Waals surface area contributed by atoms with Gasteiger partial charge in [0.15, 0.2) is 5.82 Å². The Kier molecular flexibility index (Phi) is 2.26. The van der Waals surface area contributed by atoms with Gasteiger partial charge < -0.3 is 5.73 Å². The quantitative estimate of drug-likeness (QED) is 0.616. The summed E-state index contributed by atoms with van der Waals surface area (Å²) < 4.78 is 14.4. The molecule has 0 saturated heterocycles. The van der Waals surface area contributed by atoms with Gasteiger partial charge in [0.05, 0.1) is 5.69 Å². The fourth-order valence-corrected chi connectivity index (χ4v) is 2.93. The maximum Gasteiger partial charge on any atom is 0.151 e. The fourth-order valence-electron chi connectivity index (χ4n) is 1.30. The number of halogens is 2. The molecule has 0 amide bonds. The van der Waals surface area contributed by atoms with Gasteiger partial charge in [-0.1, -0.05) is 15.9 Å². The minimum Gasteiger partial charge on any atom is -0.396 e. The molecule has 0 spiro atoms. The number of benzene rings is 1. The zero-order valence-electron chi connectivity index (χ0n) is 6.68. The van der Waals surface area contributed by atoms with Gasteiger partial charge in [0.2, 0.25) is 0 Å². The second-order valence-corrected chi connectivity index (χ2v) is 4.21. The predicted octanol–water partition coefficient (Wildman–Crippen LogP) is 3.52. The minimum absolute atomic E-state index is 0.223. The molecule has 0 saturated carbocycles. The van der Waals surface area contributed by atoms with E-state index in [0.717, 1.165) is 10.1 Å². The third kappa shape index (κ3) is 1.34. The first-order valence-electron chi connectivity index (χ1n) is 3.74. The van der Waals surface area contributed by atoms with Crippen molar-refractivity contribution in [2.24, 2.45) is 0 Å². The molecule has 2 aromatic rings. The Morgan fingerprint density at radius 2 is 2.31 bits per heavy atom. The molecule has 1 aromatic heterocycles. The molecule has 68 valence electrons. The van der Waals surface area contributed by atoms with Crippen molar-refractivity contribution < 1.29 is 4.39 Å². The second-order valence-electron chi connectivity index (χ2n) is 2.73. The summed E-state index contributed by atoms with van der Waals surface area (Å²) in [4.78, 5) is 0. The Morgan fingerprint density at radius 1 is 1.54 bits per heavy atom. The number of nitrogens with two attached hydrogens (primary N) is 1. The lowest BCUT2D eigenvalue weighted by atomic mass is 10.1. The van der Waals surface area contributed by atoms with Crippen molar-refractivity contribution in [1.29, 1.82) is 0 Å². The van der Waals surface area contributed by atoms with E-state index in [2.05, 4.69) is 15.9 Å². The van der Waals surface area contributed by atoms with Gasteiger partial charge in [-0.2, -0.15) is 0 Å². The van der Waals surface area contributed by atoms with Crippen LogP contribution in [0.25, 0.3) is 10.1 Å². The van der Waals surface area contributed by atoms with Crippen LogP contribution in [0.4, 0.5) is 10.1 Å². The standard InChI is InChI=1S/C9H7BrFNS/c10-4-6-8(11)7(12)3-5-1-2-13-9(5)6/h1-3H,4,12H2. The summed E-state index contributed by atoms with van der Waals surface area (Å²) in [6.45, 7) is 0. The van der Waals surface area contributed by atoms with E-state index in [1.54, 1.807) is 6.07 Å². The van der Waals surface area contributed by atoms with Crippen molar-refractivity contribution in [3.05, 3.63) is 28.9 Å². The van der Waals surface area contributed by atoms with Crippen LogP contribution in [0.2, 0.25) is 0 Å². The number of rotatable bonds is 1. The van der Waals surface area contributed by atoms with Crippen molar-refractivity contribution in [3.63, 3.8) is 0 Å². The summed E-state index contributed by atoms with van der Waals surface area (Å²) in [6.07, 6.45) is 0. The molecular weight excluding hydrogens is 253 g/mol. The average molecular weight is 260 g/mol. The predicted molar refractivity (Wildman–Crippen MR) is 58.8 cm³/mol. The molecule has 1 heterocycles. The first-order chi connectivity index (χ1) is 6.24. The highest BCUT2D eigenvalue weighted by Gasteiger charge is 2.10. The first-order valence-corrected chi connectivity index (χ1v) is 5.74. The van der Waals surface area contributed by atoms with E-state index in [0.29, 0.717) is 10.9 Å². The second kappa shape index (κ2) is 3.27. The van der Waals surface area contributed by atoms with E-state index in [-0.39, 0.29) is 11.5 Å². The van der Waals surface area contributed by atoms with Crippen LogP contribution >= 0.6 is 27.3 Å². The summed E-state index contributed by atoms with van der Waals surface area (Å²) in [5.74, 6) is -0.299. The molecule has 0 unspecified atom stereocenters. The van der Waals surface area contributed by atoms with Crippen LogP contribution in [0.3, 0.4) is 0 Å². The van der Waals surface area contributed by atoms with Crippen LogP contribution in [0.1, 0.15) is 5.56 Å². The molecule has 0 atom stereocenters. The molecule has 2 N–H and O–H groups in total. The van der Waals surface area contributed by atoms with Crippen molar-refractivity contribution in [3.8, 4) is 0 Å². The zero-order chi connectivity index (χ0) is 9.42.